The molecule has 0 aliphatic heterocycles. The van der Waals surface area contributed by atoms with Crippen LogP contribution in [0.25, 0.3) is 0 Å². The quantitative estimate of drug-likeness (QED) is 0.905. The molecular weight excluding hydrogens is 310 g/mol. The van der Waals surface area contributed by atoms with Gasteiger partial charge in [-0.15, -0.1) is 11.8 Å². The van der Waals surface area contributed by atoms with Crippen LogP contribution in [0.15, 0.2) is 39.8 Å². The van der Waals surface area contributed by atoms with E-state index in [1.807, 2.05) is 25.1 Å². The third-order valence-corrected chi connectivity index (χ3v) is 5.64. The predicted octanol–water partition coefficient (Wildman–Crippen LogP) is 3.66. The van der Waals surface area contributed by atoms with E-state index >= 15 is 0 Å². The van der Waals surface area contributed by atoms with Crippen LogP contribution in [0.3, 0.4) is 0 Å². The molecule has 0 spiro atoms. The number of thioether (sulfide) groups is 1. The number of carbonyl (C=O) groups excluding carboxylic acids is 1. The van der Waals surface area contributed by atoms with Crippen molar-refractivity contribution in [1.29, 1.82) is 0 Å². The van der Waals surface area contributed by atoms with Crippen molar-refractivity contribution < 1.29 is 9.32 Å². The van der Waals surface area contributed by atoms with Crippen molar-refractivity contribution in [2.24, 2.45) is 0 Å². The molecule has 1 amide bonds. The molecule has 1 heterocycles. The van der Waals surface area contributed by atoms with Crippen LogP contribution < -0.4 is 5.32 Å². The number of amides is 1. The highest BCUT2D eigenvalue weighted by atomic mass is 32.2. The van der Waals surface area contributed by atoms with Crippen LogP contribution in [0.4, 0.5) is 0 Å². The van der Waals surface area contributed by atoms with E-state index in [4.69, 9.17) is 4.52 Å². The van der Waals surface area contributed by atoms with Crippen LogP contribution in [0.1, 0.15) is 50.4 Å². The molecule has 1 aliphatic carbocycles. The number of hydrogen-bond acceptors (Lipinski definition) is 5. The van der Waals surface area contributed by atoms with Crippen LogP contribution in [0, 0.1) is 6.92 Å². The average molecular weight is 331 g/mol. The van der Waals surface area contributed by atoms with Gasteiger partial charge in [0.1, 0.15) is 6.04 Å². The van der Waals surface area contributed by atoms with E-state index in [-0.39, 0.29) is 11.9 Å². The third kappa shape index (κ3) is 3.58. The molecule has 23 heavy (non-hydrogen) atoms. The van der Waals surface area contributed by atoms with Gasteiger partial charge in [0.25, 0.3) is 0 Å². The summed E-state index contributed by atoms with van der Waals surface area (Å²) in [6.45, 7) is 3.64. The average Bonchev–Trinajstić information content (AvgIpc) is 3.18. The minimum absolute atomic E-state index is 0.0622. The first-order valence-corrected chi connectivity index (χ1v) is 8.76. The summed E-state index contributed by atoms with van der Waals surface area (Å²) in [6.07, 6.45) is 3.96. The summed E-state index contributed by atoms with van der Waals surface area (Å²) in [5, 5.41) is 6.84. The molecule has 6 heteroatoms. The maximum absolute atomic E-state index is 12.9. The first-order chi connectivity index (χ1) is 11.1. The zero-order valence-corrected chi connectivity index (χ0v) is 14.2. The summed E-state index contributed by atoms with van der Waals surface area (Å²) in [4.78, 5) is 18.3. The number of rotatable bonds is 5. The molecule has 122 valence electrons. The summed E-state index contributed by atoms with van der Waals surface area (Å²) in [7, 11) is 0. The fourth-order valence-electron chi connectivity index (χ4n) is 2.91. The van der Waals surface area contributed by atoms with E-state index in [1.54, 1.807) is 18.7 Å². The standard InChI is InChI=1S/C17H21N3O2S/c1-12(15-19-13(2)20-22-15)18-16(21)17(10-6-7-11-17)23-14-8-4-3-5-9-14/h3-5,8-9,12H,6-7,10-11H2,1-2H3,(H,18,21). The fraction of sp³-hybridized carbons (Fsp3) is 0.471. The lowest BCUT2D eigenvalue weighted by atomic mass is 10.1. The SMILES string of the molecule is Cc1noc(C(C)NC(=O)C2(Sc3ccccc3)CCCC2)n1. The molecule has 0 saturated heterocycles. The van der Waals surface area contributed by atoms with Crippen molar-refractivity contribution in [2.45, 2.75) is 55.2 Å². The van der Waals surface area contributed by atoms with Crippen LogP contribution in [-0.2, 0) is 4.79 Å². The number of hydrogen-bond donors (Lipinski definition) is 1. The smallest absolute Gasteiger partial charge is 0.248 e. The highest BCUT2D eigenvalue weighted by molar-refractivity contribution is 8.01. The van der Waals surface area contributed by atoms with Crippen molar-refractivity contribution in [3.8, 4) is 0 Å². The largest absolute Gasteiger partial charge is 0.343 e. The zero-order chi connectivity index (χ0) is 16.3. The molecule has 1 aromatic heterocycles. The second-order valence-corrected chi connectivity index (χ2v) is 7.45. The van der Waals surface area contributed by atoms with Crippen molar-refractivity contribution in [1.82, 2.24) is 15.5 Å². The Labute approximate surface area is 140 Å². The van der Waals surface area contributed by atoms with Gasteiger partial charge >= 0.3 is 0 Å². The van der Waals surface area contributed by atoms with Gasteiger partial charge in [-0.3, -0.25) is 4.79 Å². The predicted molar refractivity (Wildman–Crippen MR) is 89.1 cm³/mol. The fourth-order valence-corrected chi connectivity index (χ4v) is 4.30. The Morgan fingerprint density at radius 3 is 2.61 bits per heavy atom. The molecule has 3 rings (SSSR count). The molecule has 0 bridgehead atoms. The second-order valence-electron chi connectivity index (χ2n) is 5.99. The van der Waals surface area contributed by atoms with E-state index in [2.05, 4.69) is 27.6 Å². The van der Waals surface area contributed by atoms with Crippen molar-refractivity contribution in [3.63, 3.8) is 0 Å². The monoisotopic (exact) mass is 331 g/mol. The molecular formula is C17H21N3O2S. The molecule has 1 saturated carbocycles. The molecule has 1 aliphatic rings. The minimum Gasteiger partial charge on any atom is -0.343 e. The van der Waals surface area contributed by atoms with E-state index in [1.165, 1.54) is 0 Å². The summed E-state index contributed by atoms with van der Waals surface area (Å²) in [5.74, 6) is 1.09. The van der Waals surface area contributed by atoms with Crippen molar-refractivity contribution in [2.75, 3.05) is 0 Å². The summed E-state index contributed by atoms with van der Waals surface area (Å²) in [5.41, 5.74) is 0. The maximum atomic E-state index is 12.9. The van der Waals surface area contributed by atoms with E-state index in [9.17, 15) is 4.79 Å². The molecule has 1 N–H and O–H groups in total. The molecule has 1 aromatic carbocycles. The van der Waals surface area contributed by atoms with E-state index in [0.29, 0.717) is 11.7 Å². The Hall–Kier alpha value is -1.82. The summed E-state index contributed by atoms with van der Waals surface area (Å²) >= 11 is 1.67. The van der Waals surface area contributed by atoms with Gasteiger partial charge in [0.15, 0.2) is 5.82 Å². The van der Waals surface area contributed by atoms with Gasteiger partial charge in [-0.2, -0.15) is 4.98 Å². The molecule has 1 fully saturated rings. The van der Waals surface area contributed by atoms with Gasteiger partial charge in [0, 0.05) is 4.90 Å². The van der Waals surface area contributed by atoms with Crippen molar-refractivity contribution >= 4 is 17.7 Å². The van der Waals surface area contributed by atoms with Crippen LogP contribution in [0.2, 0.25) is 0 Å². The lowest BCUT2D eigenvalue weighted by molar-refractivity contribution is -0.124. The van der Waals surface area contributed by atoms with Crippen LogP contribution >= 0.6 is 11.8 Å². The van der Waals surface area contributed by atoms with Gasteiger partial charge in [0.2, 0.25) is 11.8 Å². The Morgan fingerprint density at radius 2 is 2.00 bits per heavy atom. The Balaban J connectivity index is 1.74. The molecule has 1 unspecified atom stereocenters. The molecule has 5 nitrogen and oxygen atoms in total. The Morgan fingerprint density at radius 1 is 1.30 bits per heavy atom. The second kappa shape index (κ2) is 6.74. The Kier molecular flexibility index (Phi) is 4.71. The maximum Gasteiger partial charge on any atom is 0.248 e. The van der Waals surface area contributed by atoms with Gasteiger partial charge in [0.05, 0.1) is 4.75 Å². The number of nitrogens with zero attached hydrogens (tertiary/aromatic N) is 2. The Bertz CT molecular complexity index is 665. The topological polar surface area (TPSA) is 68.0 Å². The van der Waals surface area contributed by atoms with Crippen LogP contribution in [-0.4, -0.2) is 20.8 Å². The third-order valence-electron chi connectivity index (χ3n) is 4.14. The number of carbonyl (C=O) groups is 1. The molecule has 0 radical (unpaired) electrons. The van der Waals surface area contributed by atoms with Gasteiger partial charge in [-0.05, 0) is 38.8 Å². The highest BCUT2D eigenvalue weighted by Gasteiger charge is 2.42. The number of aromatic nitrogens is 2. The lowest BCUT2D eigenvalue weighted by Gasteiger charge is -2.28. The number of nitrogens with one attached hydrogen (secondary N) is 1. The number of aryl methyl sites for hydroxylation is 1. The summed E-state index contributed by atoms with van der Waals surface area (Å²) in [6, 6.07) is 9.84. The van der Waals surface area contributed by atoms with Crippen LogP contribution in [0.5, 0.6) is 0 Å². The lowest BCUT2D eigenvalue weighted by Crippen LogP contribution is -2.43. The van der Waals surface area contributed by atoms with E-state index < -0.39 is 4.75 Å². The minimum atomic E-state index is -0.398. The molecule has 1 atom stereocenters. The first-order valence-electron chi connectivity index (χ1n) is 7.94. The number of benzene rings is 1. The van der Waals surface area contributed by atoms with Gasteiger partial charge in [-0.25, -0.2) is 0 Å². The highest BCUT2D eigenvalue weighted by Crippen LogP contribution is 2.45. The molecule has 2 aromatic rings. The normalized spacial score (nSPS) is 17.8. The first kappa shape index (κ1) is 16.1. The van der Waals surface area contributed by atoms with Crippen molar-refractivity contribution in [3.05, 3.63) is 42.0 Å². The van der Waals surface area contributed by atoms with Gasteiger partial charge in [-0.1, -0.05) is 36.2 Å². The van der Waals surface area contributed by atoms with E-state index in [0.717, 1.165) is 30.6 Å². The summed E-state index contributed by atoms with van der Waals surface area (Å²) < 4.78 is 4.76. The zero-order valence-electron chi connectivity index (χ0n) is 13.4. The van der Waals surface area contributed by atoms with Gasteiger partial charge < -0.3 is 9.84 Å².